The highest BCUT2D eigenvalue weighted by Crippen LogP contribution is 2.35. The van der Waals surface area contributed by atoms with E-state index in [0.29, 0.717) is 18.4 Å². The molecule has 0 N–H and O–H groups in total. The summed E-state index contributed by atoms with van der Waals surface area (Å²) < 4.78 is 18.1. The Morgan fingerprint density at radius 3 is 2.94 bits per heavy atom. The van der Waals surface area contributed by atoms with Crippen LogP contribution in [0.2, 0.25) is 0 Å². The molecule has 1 aliphatic rings. The van der Waals surface area contributed by atoms with Crippen LogP contribution in [0.5, 0.6) is 0 Å². The number of carbonyl (C=O) groups excluding carboxylic acids is 1. The van der Waals surface area contributed by atoms with Crippen molar-refractivity contribution in [2.45, 2.75) is 25.4 Å². The maximum atomic E-state index is 12.0. The van der Waals surface area contributed by atoms with E-state index in [9.17, 15) is 9.18 Å². The van der Waals surface area contributed by atoms with Crippen LogP contribution in [0.25, 0.3) is 0 Å². The van der Waals surface area contributed by atoms with Gasteiger partial charge >= 0.3 is 5.97 Å². The monoisotopic (exact) mass is 286 g/mol. The number of fused-ring (bicyclic) bond motifs is 1. The summed E-state index contributed by atoms with van der Waals surface area (Å²) in [6.07, 6.45) is 1.77. The first-order valence-electron chi connectivity index (χ1n) is 5.29. The van der Waals surface area contributed by atoms with Crippen molar-refractivity contribution in [3.63, 3.8) is 0 Å². The summed E-state index contributed by atoms with van der Waals surface area (Å²) in [5.74, 6) is -0.276. The number of hydrogen-bond donors (Lipinski definition) is 0. The van der Waals surface area contributed by atoms with E-state index in [1.54, 1.807) is 6.07 Å². The Balaban J connectivity index is 2.13. The van der Waals surface area contributed by atoms with Crippen molar-refractivity contribution in [2.24, 2.45) is 0 Å². The van der Waals surface area contributed by atoms with Crippen LogP contribution in [-0.4, -0.2) is 12.6 Å². The van der Waals surface area contributed by atoms with E-state index in [4.69, 9.17) is 4.74 Å². The van der Waals surface area contributed by atoms with Gasteiger partial charge in [-0.05, 0) is 31.4 Å². The van der Waals surface area contributed by atoms with Crippen molar-refractivity contribution in [1.82, 2.24) is 0 Å². The Kier molecular flexibility index (Phi) is 3.59. The van der Waals surface area contributed by atoms with Crippen molar-refractivity contribution >= 4 is 21.9 Å². The van der Waals surface area contributed by atoms with Gasteiger partial charge < -0.3 is 4.74 Å². The summed E-state index contributed by atoms with van der Waals surface area (Å²) in [7, 11) is 0. The highest BCUT2D eigenvalue weighted by molar-refractivity contribution is 9.10. The van der Waals surface area contributed by atoms with Gasteiger partial charge in [0.15, 0.2) is 0 Å². The molecule has 0 aliphatic carbocycles. The van der Waals surface area contributed by atoms with Crippen LogP contribution in [0.4, 0.5) is 4.39 Å². The molecule has 0 saturated heterocycles. The SMILES string of the molecule is O=C1OC(CCCCF)c2ccc(Br)cc21. The fraction of sp³-hybridized carbons (Fsp3) is 0.417. The van der Waals surface area contributed by atoms with E-state index >= 15 is 0 Å². The van der Waals surface area contributed by atoms with Gasteiger partial charge in [0.25, 0.3) is 0 Å². The summed E-state index contributed by atoms with van der Waals surface area (Å²) in [5, 5.41) is 0. The molecular formula is C12H12BrFO2. The Hall–Kier alpha value is -0.900. The van der Waals surface area contributed by atoms with Crippen LogP contribution < -0.4 is 0 Å². The predicted octanol–water partition coefficient (Wildman–Crippen LogP) is 3.80. The summed E-state index contributed by atoms with van der Waals surface area (Å²) in [6.45, 7) is -0.312. The third-order valence-electron chi connectivity index (χ3n) is 2.68. The van der Waals surface area contributed by atoms with Gasteiger partial charge in [0, 0.05) is 10.0 Å². The topological polar surface area (TPSA) is 26.3 Å². The van der Waals surface area contributed by atoms with Gasteiger partial charge in [-0.15, -0.1) is 0 Å². The maximum Gasteiger partial charge on any atom is 0.339 e. The third kappa shape index (κ3) is 2.26. The van der Waals surface area contributed by atoms with E-state index in [1.807, 2.05) is 12.1 Å². The molecule has 1 aliphatic heterocycles. The first-order valence-corrected chi connectivity index (χ1v) is 6.08. The molecule has 2 nitrogen and oxygen atoms in total. The number of alkyl halides is 1. The summed E-state index contributed by atoms with van der Waals surface area (Å²) in [4.78, 5) is 11.5. The smallest absolute Gasteiger partial charge is 0.339 e. The average molecular weight is 287 g/mol. The summed E-state index contributed by atoms with van der Waals surface area (Å²) >= 11 is 3.32. The molecule has 0 amide bonds. The molecule has 0 spiro atoms. The van der Waals surface area contributed by atoms with Gasteiger partial charge in [-0.3, -0.25) is 4.39 Å². The van der Waals surface area contributed by atoms with Gasteiger partial charge in [0.1, 0.15) is 6.10 Å². The lowest BCUT2D eigenvalue weighted by molar-refractivity contribution is 0.0363. The molecular weight excluding hydrogens is 275 g/mol. The molecule has 2 rings (SSSR count). The minimum atomic E-state index is -0.312. The number of carbonyl (C=O) groups is 1. The van der Waals surface area contributed by atoms with E-state index in [-0.39, 0.29) is 18.7 Å². The molecule has 1 unspecified atom stereocenters. The first kappa shape index (κ1) is 11.6. The summed E-state index contributed by atoms with van der Waals surface area (Å²) in [5.41, 5.74) is 1.55. The molecule has 86 valence electrons. The van der Waals surface area contributed by atoms with E-state index in [2.05, 4.69) is 15.9 Å². The van der Waals surface area contributed by atoms with Crippen molar-refractivity contribution in [2.75, 3.05) is 6.67 Å². The minimum Gasteiger partial charge on any atom is -0.454 e. The molecule has 1 heterocycles. The lowest BCUT2D eigenvalue weighted by Crippen LogP contribution is -1.98. The van der Waals surface area contributed by atoms with Crippen LogP contribution >= 0.6 is 15.9 Å². The van der Waals surface area contributed by atoms with Crippen LogP contribution in [-0.2, 0) is 4.74 Å². The predicted molar refractivity (Wildman–Crippen MR) is 62.1 cm³/mol. The van der Waals surface area contributed by atoms with Gasteiger partial charge in [0.05, 0.1) is 12.2 Å². The van der Waals surface area contributed by atoms with Gasteiger partial charge in [0.2, 0.25) is 0 Å². The van der Waals surface area contributed by atoms with Crippen molar-refractivity contribution in [1.29, 1.82) is 0 Å². The molecule has 1 aromatic carbocycles. The molecule has 0 aromatic heterocycles. The summed E-state index contributed by atoms with van der Waals surface area (Å²) in [6, 6.07) is 5.56. The normalized spacial score (nSPS) is 18.4. The second kappa shape index (κ2) is 4.95. The zero-order chi connectivity index (χ0) is 11.5. The second-order valence-corrected chi connectivity index (χ2v) is 4.73. The fourth-order valence-electron chi connectivity index (χ4n) is 1.88. The van der Waals surface area contributed by atoms with Crippen molar-refractivity contribution in [3.8, 4) is 0 Å². The van der Waals surface area contributed by atoms with E-state index in [1.165, 1.54) is 0 Å². The molecule has 0 bridgehead atoms. The van der Waals surface area contributed by atoms with Gasteiger partial charge in [-0.1, -0.05) is 22.0 Å². The number of halogens is 2. The Bertz CT molecular complexity index is 406. The van der Waals surface area contributed by atoms with E-state index < -0.39 is 0 Å². The fourth-order valence-corrected chi connectivity index (χ4v) is 2.24. The van der Waals surface area contributed by atoms with Crippen molar-refractivity contribution in [3.05, 3.63) is 33.8 Å². The highest BCUT2D eigenvalue weighted by atomic mass is 79.9. The standard InChI is InChI=1S/C12H12BrFO2/c13-8-4-5-9-10(7-8)12(15)16-11(9)3-1-2-6-14/h4-5,7,11H,1-3,6H2. The van der Waals surface area contributed by atoms with Crippen molar-refractivity contribution < 1.29 is 13.9 Å². The molecule has 0 saturated carbocycles. The lowest BCUT2D eigenvalue weighted by atomic mass is 10.0. The third-order valence-corrected chi connectivity index (χ3v) is 3.17. The molecule has 16 heavy (non-hydrogen) atoms. The molecule has 0 fully saturated rings. The number of benzene rings is 1. The number of hydrogen-bond acceptors (Lipinski definition) is 2. The molecule has 4 heteroatoms. The number of unbranched alkanes of at least 4 members (excludes halogenated alkanes) is 1. The number of ether oxygens (including phenoxy) is 1. The molecule has 1 atom stereocenters. The first-order chi connectivity index (χ1) is 7.72. The van der Waals surface area contributed by atoms with Crippen LogP contribution in [0, 0.1) is 0 Å². The minimum absolute atomic E-state index is 0.192. The highest BCUT2D eigenvalue weighted by Gasteiger charge is 2.30. The van der Waals surface area contributed by atoms with Gasteiger partial charge in [-0.2, -0.15) is 0 Å². The van der Waals surface area contributed by atoms with E-state index in [0.717, 1.165) is 16.5 Å². The maximum absolute atomic E-state index is 12.0. The zero-order valence-electron chi connectivity index (χ0n) is 8.71. The number of cyclic esters (lactones) is 1. The van der Waals surface area contributed by atoms with Crippen LogP contribution in [0.3, 0.4) is 0 Å². The Morgan fingerprint density at radius 2 is 2.19 bits per heavy atom. The largest absolute Gasteiger partial charge is 0.454 e. The average Bonchev–Trinajstić information content (AvgIpc) is 2.56. The molecule has 1 aromatic rings. The quantitative estimate of drug-likeness (QED) is 0.622. The second-order valence-electron chi connectivity index (χ2n) is 3.81. The zero-order valence-corrected chi connectivity index (χ0v) is 10.3. The number of rotatable bonds is 4. The van der Waals surface area contributed by atoms with Crippen LogP contribution in [0.15, 0.2) is 22.7 Å². The number of esters is 1. The molecule has 0 radical (unpaired) electrons. The van der Waals surface area contributed by atoms with Crippen LogP contribution in [0.1, 0.15) is 41.3 Å². The Labute approximate surface area is 102 Å². The Morgan fingerprint density at radius 1 is 1.38 bits per heavy atom. The lowest BCUT2D eigenvalue weighted by Gasteiger charge is -2.09. The van der Waals surface area contributed by atoms with Gasteiger partial charge in [-0.25, -0.2) is 4.79 Å².